The minimum Gasteiger partial charge on any atom is -0.494 e. The Balaban J connectivity index is 1.82. The van der Waals surface area contributed by atoms with Gasteiger partial charge in [0.2, 0.25) is 0 Å². The molecule has 0 aliphatic rings. The molecule has 0 fully saturated rings. The fraction of sp³-hybridized carbons (Fsp3) is 0.364. The van der Waals surface area contributed by atoms with Crippen LogP contribution in [0.1, 0.15) is 50.2 Å². The molecule has 0 aromatic heterocycles. The van der Waals surface area contributed by atoms with Gasteiger partial charge in [0.25, 0.3) is 0 Å². The lowest BCUT2D eigenvalue weighted by atomic mass is 10.1. The molecule has 2 nitrogen and oxygen atoms in total. The van der Waals surface area contributed by atoms with Crippen molar-refractivity contribution in [2.24, 2.45) is 0 Å². The van der Waals surface area contributed by atoms with E-state index < -0.39 is 6.36 Å². The van der Waals surface area contributed by atoms with Gasteiger partial charge in [0, 0.05) is 11.1 Å². The highest BCUT2D eigenvalue weighted by molar-refractivity contribution is 5.45. The second-order valence-electron chi connectivity index (χ2n) is 6.11. The summed E-state index contributed by atoms with van der Waals surface area (Å²) in [6.45, 7) is 2.90. The van der Waals surface area contributed by atoms with Gasteiger partial charge in [-0.2, -0.15) is 0 Å². The van der Waals surface area contributed by atoms with Gasteiger partial charge < -0.3 is 9.47 Å². The normalized spacial score (nSPS) is 10.8. The lowest BCUT2D eigenvalue weighted by Gasteiger charge is -2.08. The minimum absolute atomic E-state index is 0.260. The van der Waals surface area contributed by atoms with Crippen LogP contribution in [-0.4, -0.2) is 13.0 Å². The Labute approximate surface area is 158 Å². The van der Waals surface area contributed by atoms with Crippen molar-refractivity contribution < 1.29 is 22.6 Å². The zero-order chi connectivity index (χ0) is 19.5. The summed E-state index contributed by atoms with van der Waals surface area (Å²) in [5, 5.41) is 0. The number of hydrogen-bond acceptors (Lipinski definition) is 2. The van der Waals surface area contributed by atoms with Crippen molar-refractivity contribution in [2.75, 3.05) is 6.61 Å². The number of benzene rings is 2. The van der Waals surface area contributed by atoms with Crippen LogP contribution < -0.4 is 9.47 Å². The predicted octanol–water partition coefficient (Wildman–Crippen LogP) is 6.33. The van der Waals surface area contributed by atoms with Crippen molar-refractivity contribution in [3.8, 4) is 23.3 Å². The maximum atomic E-state index is 12.1. The SMILES string of the molecule is CCCCCCCOc1ccc(C#Cc2ccc(OC(F)(F)F)cc2)cc1. The van der Waals surface area contributed by atoms with Gasteiger partial charge in [-0.3, -0.25) is 0 Å². The van der Waals surface area contributed by atoms with Gasteiger partial charge in [-0.25, -0.2) is 0 Å². The van der Waals surface area contributed by atoms with Gasteiger partial charge in [0.15, 0.2) is 0 Å². The van der Waals surface area contributed by atoms with Gasteiger partial charge in [-0.1, -0.05) is 44.4 Å². The maximum absolute atomic E-state index is 12.1. The summed E-state index contributed by atoms with van der Waals surface area (Å²) in [5.41, 5.74) is 1.41. The van der Waals surface area contributed by atoms with Crippen LogP contribution in [0.5, 0.6) is 11.5 Å². The van der Waals surface area contributed by atoms with E-state index in [1.54, 1.807) is 0 Å². The topological polar surface area (TPSA) is 18.5 Å². The number of alkyl halides is 3. The Morgan fingerprint density at radius 2 is 1.26 bits per heavy atom. The third-order valence-electron chi connectivity index (χ3n) is 3.81. The lowest BCUT2D eigenvalue weighted by molar-refractivity contribution is -0.274. The molecular weight excluding hydrogens is 353 g/mol. The zero-order valence-electron chi connectivity index (χ0n) is 15.3. The monoisotopic (exact) mass is 376 g/mol. The van der Waals surface area contributed by atoms with Gasteiger partial charge in [0.05, 0.1) is 6.61 Å². The molecule has 2 rings (SSSR count). The summed E-state index contributed by atoms with van der Waals surface area (Å²) in [4.78, 5) is 0. The first-order chi connectivity index (χ1) is 13.0. The highest BCUT2D eigenvalue weighted by Gasteiger charge is 2.30. The first kappa shape index (κ1) is 20.7. The molecule has 0 radical (unpaired) electrons. The third kappa shape index (κ3) is 8.54. The van der Waals surface area contributed by atoms with E-state index in [0.717, 1.165) is 17.7 Å². The maximum Gasteiger partial charge on any atom is 0.573 e. The Morgan fingerprint density at radius 1 is 0.741 bits per heavy atom. The molecule has 2 aromatic carbocycles. The summed E-state index contributed by atoms with van der Waals surface area (Å²) >= 11 is 0. The molecule has 0 unspecified atom stereocenters. The molecule has 0 N–H and O–H groups in total. The number of rotatable bonds is 8. The first-order valence-electron chi connectivity index (χ1n) is 9.07. The van der Waals surface area contributed by atoms with Crippen molar-refractivity contribution >= 4 is 0 Å². The summed E-state index contributed by atoms with van der Waals surface area (Å²) in [6, 6.07) is 12.9. The Kier molecular flexibility index (Phi) is 8.06. The standard InChI is InChI=1S/C22H23F3O2/c1-2-3-4-5-6-17-26-20-13-9-18(10-14-20)7-8-19-11-15-21(16-12-19)27-22(23,24)25/h9-16H,2-6,17H2,1H3. The molecule has 0 amide bonds. The molecule has 144 valence electrons. The number of ether oxygens (including phenoxy) is 2. The van der Waals surface area contributed by atoms with Crippen LogP contribution in [0.2, 0.25) is 0 Å². The Morgan fingerprint density at radius 3 is 1.78 bits per heavy atom. The van der Waals surface area contributed by atoms with Crippen LogP contribution in [0.15, 0.2) is 48.5 Å². The van der Waals surface area contributed by atoms with Crippen molar-refractivity contribution in [3.05, 3.63) is 59.7 Å². The highest BCUT2D eigenvalue weighted by atomic mass is 19.4. The smallest absolute Gasteiger partial charge is 0.494 e. The summed E-state index contributed by atoms with van der Waals surface area (Å²) in [5.74, 6) is 6.44. The van der Waals surface area contributed by atoms with Crippen LogP contribution >= 0.6 is 0 Å². The number of halogens is 3. The zero-order valence-corrected chi connectivity index (χ0v) is 15.3. The van der Waals surface area contributed by atoms with Gasteiger partial charge in [0.1, 0.15) is 11.5 Å². The van der Waals surface area contributed by atoms with Crippen molar-refractivity contribution in [1.29, 1.82) is 0 Å². The largest absolute Gasteiger partial charge is 0.573 e. The summed E-state index contributed by atoms with van der Waals surface area (Å²) in [6.07, 6.45) is 1.30. The van der Waals surface area contributed by atoms with Crippen molar-refractivity contribution in [1.82, 2.24) is 0 Å². The molecule has 0 bridgehead atoms. The quantitative estimate of drug-likeness (QED) is 0.396. The van der Waals surface area contributed by atoms with Crippen LogP contribution in [0, 0.1) is 11.8 Å². The van der Waals surface area contributed by atoms with Crippen LogP contribution in [-0.2, 0) is 0 Å². The molecule has 0 heterocycles. The lowest BCUT2D eigenvalue weighted by Crippen LogP contribution is -2.16. The van der Waals surface area contributed by atoms with Gasteiger partial charge >= 0.3 is 6.36 Å². The molecule has 0 atom stereocenters. The van der Waals surface area contributed by atoms with E-state index >= 15 is 0 Å². The minimum atomic E-state index is -4.69. The second-order valence-corrected chi connectivity index (χ2v) is 6.11. The van der Waals surface area contributed by atoms with E-state index in [9.17, 15) is 13.2 Å². The van der Waals surface area contributed by atoms with Gasteiger partial charge in [-0.15, -0.1) is 13.2 Å². The molecule has 0 saturated heterocycles. The van der Waals surface area contributed by atoms with E-state index in [0.29, 0.717) is 12.2 Å². The summed E-state index contributed by atoms with van der Waals surface area (Å²) in [7, 11) is 0. The van der Waals surface area contributed by atoms with Crippen molar-refractivity contribution in [3.63, 3.8) is 0 Å². The van der Waals surface area contributed by atoms with Gasteiger partial charge in [-0.05, 0) is 55.0 Å². The molecule has 0 spiro atoms. The van der Waals surface area contributed by atoms with E-state index in [2.05, 4.69) is 23.5 Å². The Bertz CT molecular complexity index is 738. The van der Waals surface area contributed by atoms with Crippen LogP contribution in [0.4, 0.5) is 13.2 Å². The number of hydrogen-bond donors (Lipinski definition) is 0. The second kappa shape index (κ2) is 10.5. The van der Waals surface area contributed by atoms with E-state index in [-0.39, 0.29) is 5.75 Å². The van der Waals surface area contributed by atoms with E-state index in [4.69, 9.17) is 4.74 Å². The molecule has 27 heavy (non-hydrogen) atoms. The fourth-order valence-corrected chi connectivity index (χ4v) is 2.41. The highest BCUT2D eigenvalue weighted by Crippen LogP contribution is 2.22. The molecular formula is C22H23F3O2. The average molecular weight is 376 g/mol. The number of unbranched alkanes of at least 4 members (excludes halogenated alkanes) is 4. The van der Waals surface area contributed by atoms with Crippen LogP contribution in [0.3, 0.4) is 0 Å². The predicted molar refractivity (Wildman–Crippen MR) is 99.8 cm³/mol. The molecule has 5 heteroatoms. The third-order valence-corrected chi connectivity index (χ3v) is 3.81. The first-order valence-corrected chi connectivity index (χ1v) is 9.07. The molecule has 0 aliphatic heterocycles. The van der Waals surface area contributed by atoms with E-state index in [1.165, 1.54) is 49.9 Å². The Hall–Kier alpha value is -2.61. The summed E-state index contributed by atoms with van der Waals surface area (Å²) < 4.78 is 45.9. The molecule has 2 aromatic rings. The van der Waals surface area contributed by atoms with Crippen LogP contribution in [0.25, 0.3) is 0 Å². The molecule has 0 saturated carbocycles. The molecule has 0 aliphatic carbocycles. The fourth-order valence-electron chi connectivity index (χ4n) is 2.41. The van der Waals surface area contributed by atoms with E-state index in [1.807, 2.05) is 24.3 Å². The van der Waals surface area contributed by atoms with Crippen molar-refractivity contribution in [2.45, 2.75) is 45.4 Å². The average Bonchev–Trinajstić information content (AvgIpc) is 2.64.